The van der Waals surface area contributed by atoms with Crippen molar-refractivity contribution in [2.75, 3.05) is 20.1 Å². The predicted octanol–water partition coefficient (Wildman–Crippen LogP) is 3.24. The zero-order valence-electron chi connectivity index (χ0n) is 10.2. The number of nitrogens with zero attached hydrogens (tertiary/aromatic N) is 1. The van der Waals surface area contributed by atoms with E-state index in [1.54, 1.807) is 18.2 Å². The van der Waals surface area contributed by atoms with Crippen LogP contribution < -0.4 is 0 Å². The number of likely N-dealkylation sites (tertiary alicyclic amines) is 1. The Balaban J connectivity index is 2.03. The third-order valence-corrected chi connectivity index (χ3v) is 3.55. The summed E-state index contributed by atoms with van der Waals surface area (Å²) >= 11 is 11.8. The molecule has 1 aliphatic rings. The van der Waals surface area contributed by atoms with Crippen LogP contribution in [0.1, 0.15) is 23.2 Å². The highest BCUT2D eigenvalue weighted by Gasteiger charge is 2.22. The minimum atomic E-state index is -0.378. The summed E-state index contributed by atoms with van der Waals surface area (Å²) < 4.78 is 5.46. The lowest BCUT2D eigenvalue weighted by atomic mass is 10.1. The van der Waals surface area contributed by atoms with Crippen LogP contribution in [-0.4, -0.2) is 37.1 Å². The summed E-state index contributed by atoms with van der Waals surface area (Å²) in [6.45, 7) is 1.83. The van der Waals surface area contributed by atoms with Crippen molar-refractivity contribution in [1.82, 2.24) is 4.90 Å². The van der Waals surface area contributed by atoms with E-state index in [-0.39, 0.29) is 12.1 Å². The van der Waals surface area contributed by atoms with Crippen molar-refractivity contribution < 1.29 is 9.53 Å². The maximum atomic E-state index is 12.0. The Bertz CT molecular complexity index is 451. The number of esters is 1. The average molecular weight is 288 g/mol. The molecule has 2 rings (SSSR count). The smallest absolute Gasteiger partial charge is 0.339 e. The van der Waals surface area contributed by atoms with Gasteiger partial charge >= 0.3 is 5.97 Å². The Kier molecular flexibility index (Phi) is 4.49. The molecule has 0 spiro atoms. The summed E-state index contributed by atoms with van der Waals surface area (Å²) in [5.41, 5.74) is 0.370. The number of rotatable bonds is 2. The first-order chi connectivity index (χ1) is 8.56. The Labute approximate surface area is 117 Å². The summed E-state index contributed by atoms with van der Waals surface area (Å²) in [6, 6.07) is 4.78. The molecule has 1 atom stereocenters. The highest BCUT2D eigenvalue weighted by atomic mass is 35.5. The maximum Gasteiger partial charge on any atom is 0.339 e. The van der Waals surface area contributed by atoms with E-state index < -0.39 is 0 Å². The van der Waals surface area contributed by atoms with Gasteiger partial charge in [-0.15, -0.1) is 0 Å². The normalized spacial score (nSPS) is 20.7. The van der Waals surface area contributed by atoms with E-state index in [0.717, 1.165) is 25.9 Å². The molecule has 0 N–H and O–H groups in total. The number of hydrogen-bond acceptors (Lipinski definition) is 3. The first-order valence-electron chi connectivity index (χ1n) is 5.91. The Morgan fingerprint density at radius 2 is 2.22 bits per heavy atom. The van der Waals surface area contributed by atoms with Gasteiger partial charge in [-0.2, -0.15) is 0 Å². The fourth-order valence-electron chi connectivity index (χ4n) is 2.09. The number of benzene rings is 1. The van der Waals surface area contributed by atoms with Gasteiger partial charge in [0.2, 0.25) is 0 Å². The molecule has 1 aromatic rings. The van der Waals surface area contributed by atoms with Gasteiger partial charge in [0.25, 0.3) is 0 Å². The summed E-state index contributed by atoms with van der Waals surface area (Å²) in [5, 5.41) is 0.839. The van der Waals surface area contributed by atoms with Crippen LogP contribution in [0.2, 0.25) is 10.0 Å². The molecule has 1 aliphatic heterocycles. The molecule has 3 nitrogen and oxygen atoms in total. The van der Waals surface area contributed by atoms with Gasteiger partial charge in [0.05, 0.1) is 10.6 Å². The molecule has 0 radical (unpaired) electrons. The second-order valence-corrected chi connectivity index (χ2v) is 5.40. The second kappa shape index (κ2) is 5.91. The minimum Gasteiger partial charge on any atom is -0.457 e. The lowest BCUT2D eigenvalue weighted by Crippen LogP contribution is -2.38. The SMILES string of the molecule is CN1CCC[C@@H](OC(=O)c2ccc(Cl)cc2Cl)C1. The van der Waals surface area contributed by atoms with Gasteiger partial charge in [-0.3, -0.25) is 0 Å². The maximum absolute atomic E-state index is 12.0. The fraction of sp³-hybridized carbons (Fsp3) is 0.462. The topological polar surface area (TPSA) is 29.5 Å². The molecule has 0 unspecified atom stereocenters. The fourth-order valence-corrected chi connectivity index (χ4v) is 2.57. The van der Waals surface area contributed by atoms with Crippen LogP contribution in [0.3, 0.4) is 0 Å². The van der Waals surface area contributed by atoms with Gasteiger partial charge in [0.15, 0.2) is 0 Å². The van der Waals surface area contributed by atoms with Crippen LogP contribution in [0, 0.1) is 0 Å². The van der Waals surface area contributed by atoms with Crippen LogP contribution >= 0.6 is 23.2 Å². The molecule has 98 valence electrons. The number of halogens is 2. The molecule has 1 aromatic carbocycles. The molecular formula is C13H15Cl2NO2. The Hall–Kier alpha value is -0.770. The van der Waals surface area contributed by atoms with Gasteiger partial charge in [-0.05, 0) is 44.6 Å². The van der Waals surface area contributed by atoms with Crippen molar-refractivity contribution in [3.63, 3.8) is 0 Å². The molecule has 5 heteroatoms. The zero-order chi connectivity index (χ0) is 13.1. The summed E-state index contributed by atoms with van der Waals surface area (Å²) in [6.07, 6.45) is 1.90. The van der Waals surface area contributed by atoms with Crippen LogP contribution in [0.5, 0.6) is 0 Å². The van der Waals surface area contributed by atoms with Gasteiger partial charge in [0, 0.05) is 11.6 Å². The first kappa shape index (κ1) is 13.7. The lowest BCUT2D eigenvalue weighted by molar-refractivity contribution is 0.0109. The molecule has 0 saturated carbocycles. The van der Waals surface area contributed by atoms with Gasteiger partial charge in [-0.25, -0.2) is 4.79 Å². The van der Waals surface area contributed by atoms with Crippen molar-refractivity contribution in [1.29, 1.82) is 0 Å². The minimum absolute atomic E-state index is 0.0528. The molecule has 0 bridgehead atoms. The molecule has 1 heterocycles. The quantitative estimate of drug-likeness (QED) is 0.782. The largest absolute Gasteiger partial charge is 0.457 e. The van der Waals surface area contributed by atoms with Gasteiger partial charge in [0.1, 0.15) is 6.10 Å². The average Bonchev–Trinajstić information content (AvgIpc) is 2.28. The van der Waals surface area contributed by atoms with E-state index in [0.29, 0.717) is 15.6 Å². The predicted molar refractivity (Wildman–Crippen MR) is 72.4 cm³/mol. The van der Waals surface area contributed by atoms with E-state index in [2.05, 4.69) is 4.90 Å². The zero-order valence-corrected chi connectivity index (χ0v) is 11.7. The molecular weight excluding hydrogens is 273 g/mol. The first-order valence-corrected chi connectivity index (χ1v) is 6.66. The number of carbonyl (C=O) groups excluding carboxylic acids is 1. The van der Waals surface area contributed by atoms with E-state index >= 15 is 0 Å². The van der Waals surface area contributed by atoms with Crippen molar-refractivity contribution in [3.05, 3.63) is 33.8 Å². The van der Waals surface area contributed by atoms with Crippen molar-refractivity contribution in [2.45, 2.75) is 18.9 Å². The van der Waals surface area contributed by atoms with Crippen molar-refractivity contribution in [3.8, 4) is 0 Å². The molecule has 0 aliphatic carbocycles. The van der Waals surface area contributed by atoms with E-state index in [4.69, 9.17) is 27.9 Å². The third kappa shape index (κ3) is 3.37. The lowest BCUT2D eigenvalue weighted by Gasteiger charge is -2.29. The highest BCUT2D eigenvalue weighted by molar-refractivity contribution is 6.36. The number of hydrogen-bond donors (Lipinski definition) is 0. The molecule has 18 heavy (non-hydrogen) atoms. The van der Waals surface area contributed by atoms with E-state index in [1.807, 2.05) is 7.05 Å². The summed E-state index contributed by atoms with van der Waals surface area (Å²) in [7, 11) is 2.02. The summed E-state index contributed by atoms with van der Waals surface area (Å²) in [5.74, 6) is -0.378. The molecule has 0 aromatic heterocycles. The third-order valence-electron chi connectivity index (χ3n) is 3.01. The van der Waals surface area contributed by atoms with E-state index in [9.17, 15) is 4.79 Å². The monoisotopic (exact) mass is 287 g/mol. The highest BCUT2D eigenvalue weighted by Crippen LogP contribution is 2.23. The second-order valence-electron chi connectivity index (χ2n) is 4.56. The number of ether oxygens (including phenoxy) is 1. The van der Waals surface area contributed by atoms with Crippen LogP contribution in [-0.2, 0) is 4.74 Å². The van der Waals surface area contributed by atoms with Gasteiger partial charge in [-0.1, -0.05) is 23.2 Å². The van der Waals surface area contributed by atoms with Crippen LogP contribution in [0.4, 0.5) is 0 Å². The Morgan fingerprint density at radius 3 is 2.89 bits per heavy atom. The Morgan fingerprint density at radius 1 is 1.44 bits per heavy atom. The molecule has 0 amide bonds. The van der Waals surface area contributed by atoms with Crippen LogP contribution in [0.25, 0.3) is 0 Å². The van der Waals surface area contributed by atoms with Crippen molar-refractivity contribution >= 4 is 29.2 Å². The molecule has 1 saturated heterocycles. The van der Waals surface area contributed by atoms with Crippen molar-refractivity contribution in [2.24, 2.45) is 0 Å². The number of carbonyl (C=O) groups is 1. The van der Waals surface area contributed by atoms with E-state index in [1.165, 1.54) is 0 Å². The standard InChI is InChI=1S/C13H15Cl2NO2/c1-16-6-2-3-10(8-16)18-13(17)11-5-4-9(14)7-12(11)15/h4-5,7,10H,2-3,6,8H2,1H3/t10-/m1/s1. The summed E-state index contributed by atoms with van der Waals surface area (Å²) in [4.78, 5) is 14.1. The molecule has 1 fully saturated rings. The number of piperidine rings is 1. The number of likely N-dealkylation sites (N-methyl/N-ethyl adjacent to an activating group) is 1. The van der Waals surface area contributed by atoms with Crippen LogP contribution in [0.15, 0.2) is 18.2 Å². The van der Waals surface area contributed by atoms with Gasteiger partial charge < -0.3 is 9.64 Å².